The Balaban J connectivity index is 2.71. The van der Waals surface area contributed by atoms with Crippen LogP contribution >= 0.6 is 0 Å². The van der Waals surface area contributed by atoms with E-state index in [1.165, 1.54) is 0 Å². The second-order valence-electron chi connectivity index (χ2n) is 4.84. The van der Waals surface area contributed by atoms with Gasteiger partial charge in [-0.1, -0.05) is 13.8 Å². The lowest BCUT2D eigenvalue weighted by atomic mass is 10.1. The summed E-state index contributed by atoms with van der Waals surface area (Å²) in [4.78, 5) is 13.8. The number of rotatable bonds is 8. The Labute approximate surface area is 123 Å². The fraction of sp³-hybridized carbons (Fsp3) is 0.533. The Hall–Kier alpha value is -1.53. The Morgan fingerprint density at radius 1 is 1.33 bits per heavy atom. The molecule has 1 aromatic rings. The smallest absolute Gasteiger partial charge is 0.238 e. The molecule has 2 N–H and O–H groups in total. The minimum absolute atomic E-state index is 0.0306. The van der Waals surface area contributed by atoms with Gasteiger partial charge in [0.05, 0.1) is 18.8 Å². The van der Waals surface area contributed by atoms with Gasteiger partial charge in [-0.15, -0.1) is 0 Å². The number of hydrogen-bond donors (Lipinski definition) is 2. The van der Waals surface area contributed by atoms with Gasteiger partial charge < -0.3 is 10.4 Å². The molecule has 0 saturated carbocycles. The number of halogens is 2. The van der Waals surface area contributed by atoms with Crippen LogP contribution in [-0.2, 0) is 4.79 Å². The lowest BCUT2D eigenvalue weighted by molar-refractivity contribution is -0.118. The van der Waals surface area contributed by atoms with E-state index in [-0.39, 0.29) is 24.9 Å². The van der Waals surface area contributed by atoms with Crippen molar-refractivity contribution in [3.63, 3.8) is 0 Å². The van der Waals surface area contributed by atoms with Crippen molar-refractivity contribution in [2.75, 3.05) is 25.0 Å². The third-order valence-corrected chi connectivity index (χ3v) is 3.40. The summed E-state index contributed by atoms with van der Waals surface area (Å²) in [5.74, 6) is -1.72. The highest BCUT2D eigenvalue weighted by Crippen LogP contribution is 2.15. The molecule has 1 rings (SSSR count). The Morgan fingerprint density at radius 3 is 2.57 bits per heavy atom. The second kappa shape index (κ2) is 8.69. The zero-order valence-electron chi connectivity index (χ0n) is 12.4. The Bertz CT molecular complexity index is 465. The van der Waals surface area contributed by atoms with E-state index in [0.717, 1.165) is 31.0 Å². The minimum atomic E-state index is -0.680. The molecule has 0 aliphatic rings. The number of anilines is 1. The zero-order valence-corrected chi connectivity index (χ0v) is 12.4. The molecule has 1 amide bonds. The molecule has 21 heavy (non-hydrogen) atoms. The van der Waals surface area contributed by atoms with E-state index >= 15 is 0 Å². The number of aliphatic hydroxyl groups excluding tert-OH is 1. The summed E-state index contributed by atoms with van der Waals surface area (Å²) < 4.78 is 26.5. The fourth-order valence-corrected chi connectivity index (χ4v) is 2.29. The molecule has 6 heteroatoms. The predicted molar refractivity (Wildman–Crippen MR) is 78.0 cm³/mol. The molecule has 0 spiro atoms. The summed E-state index contributed by atoms with van der Waals surface area (Å²) >= 11 is 0. The van der Waals surface area contributed by atoms with Gasteiger partial charge in [0.25, 0.3) is 0 Å². The number of benzene rings is 1. The van der Waals surface area contributed by atoms with Gasteiger partial charge in [-0.25, -0.2) is 8.78 Å². The first-order valence-corrected chi connectivity index (χ1v) is 7.11. The van der Waals surface area contributed by atoms with Crippen LogP contribution in [0, 0.1) is 11.6 Å². The summed E-state index contributed by atoms with van der Waals surface area (Å²) in [6, 6.07) is 3.07. The molecular weight excluding hydrogens is 278 g/mol. The molecule has 0 fully saturated rings. The van der Waals surface area contributed by atoms with Crippen LogP contribution in [0.2, 0.25) is 0 Å². The molecule has 0 aliphatic carbocycles. The maximum absolute atomic E-state index is 13.5. The molecule has 1 aromatic carbocycles. The van der Waals surface area contributed by atoms with Crippen LogP contribution < -0.4 is 5.32 Å². The number of nitrogens with zero attached hydrogens (tertiary/aromatic N) is 1. The average Bonchev–Trinajstić information content (AvgIpc) is 2.44. The van der Waals surface area contributed by atoms with E-state index in [4.69, 9.17) is 5.11 Å². The van der Waals surface area contributed by atoms with Crippen molar-refractivity contribution in [2.24, 2.45) is 0 Å². The van der Waals surface area contributed by atoms with Gasteiger partial charge in [-0.2, -0.15) is 0 Å². The first-order chi connectivity index (χ1) is 10.0. The normalized spacial score (nSPS) is 11.2. The Kier molecular flexibility index (Phi) is 7.25. The van der Waals surface area contributed by atoms with Crippen molar-refractivity contribution in [2.45, 2.75) is 32.7 Å². The fourth-order valence-electron chi connectivity index (χ4n) is 2.29. The molecule has 0 unspecified atom stereocenters. The SMILES string of the molecule is CCC(CC)N(CCO)CC(=O)Nc1cc(F)ccc1F. The van der Waals surface area contributed by atoms with Crippen LogP contribution in [0.3, 0.4) is 0 Å². The van der Waals surface area contributed by atoms with E-state index in [0.29, 0.717) is 6.54 Å². The summed E-state index contributed by atoms with van der Waals surface area (Å²) in [5.41, 5.74) is -0.173. The van der Waals surface area contributed by atoms with Crippen LogP contribution in [0.4, 0.5) is 14.5 Å². The number of carbonyl (C=O) groups excluding carboxylic acids is 1. The standard InChI is InChI=1S/C15H22F2N2O2/c1-3-12(4-2)19(7-8-20)10-15(21)18-14-9-11(16)5-6-13(14)17/h5-6,9,12,20H,3-4,7-8,10H2,1-2H3,(H,18,21). The largest absolute Gasteiger partial charge is 0.395 e. The number of carbonyl (C=O) groups is 1. The first kappa shape index (κ1) is 17.5. The quantitative estimate of drug-likeness (QED) is 0.775. The van der Waals surface area contributed by atoms with Crippen LogP contribution in [0.5, 0.6) is 0 Å². The summed E-state index contributed by atoms with van der Waals surface area (Å²) in [5, 5.41) is 11.4. The summed E-state index contributed by atoms with van der Waals surface area (Å²) in [7, 11) is 0. The van der Waals surface area contributed by atoms with Gasteiger partial charge in [0.15, 0.2) is 0 Å². The molecule has 0 atom stereocenters. The minimum Gasteiger partial charge on any atom is -0.395 e. The maximum Gasteiger partial charge on any atom is 0.238 e. The number of aliphatic hydroxyl groups is 1. The van der Waals surface area contributed by atoms with Crippen molar-refractivity contribution >= 4 is 11.6 Å². The molecule has 118 valence electrons. The van der Waals surface area contributed by atoms with Crippen molar-refractivity contribution in [3.8, 4) is 0 Å². The highest BCUT2D eigenvalue weighted by molar-refractivity contribution is 5.92. The van der Waals surface area contributed by atoms with E-state index in [9.17, 15) is 13.6 Å². The number of amides is 1. The van der Waals surface area contributed by atoms with E-state index < -0.39 is 17.5 Å². The Morgan fingerprint density at radius 2 is 2.00 bits per heavy atom. The van der Waals surface area contributed by atoms with Gasteiger partial charge >= 0.3 is 0 Å². The van der Waals surface area contributed by atoms with Gasteiger partial charge in [-0.3, -0.25) is 9.69 Å². The average molecular weight is 300 g/mol. The van der Waals surface area contributed by atoms with Crippen molar-refractivity contribution in [1.82, 2.24) is 4.90 Å². The van der Waals surface area contributed by atoms with Crippen molar-refractivity contribution < 1.29 is 18.7 Å². The summed E-state index contributed by atoms with van der Waals surface area (Å²) in [6.45, 7) is 4.34. The number of hydrogen-bond acceptors (Lipinski definition) is 3. The molecule has 0 bridgehead atoms. The van der Waals surface area contributed by atoms with E-state index in [2.05, 4.69) is 5.32 Å². The lowest BCUT2D eigenvalue weighted by Gasteiger charge is -2.29. The molecule has 0 aliphatic heterocycles. The van der Waals surface area contributed by atoms with Crippen LogP contribution in [0.25, 0.3) is 0 Å². The van der Waals surface area contributed by atoms with Gasteiger partial charge in [0, 0.05) is 18.7 Å². The highest BCUT2D eigenvalue weighted by atomic mass is 19.1. The van der Waals surface area contributed by atoms with Gasteiger partial charge in [-0.05, 0) is 25.0 Å². The third kappa shape index (κ3) is 5.40. The zero-order chi connectivity index (χ0) is 15.8. The highest BCUT2D eigenvalue weighted by Gasteiger charge is 2.18. The van der Waals surface area contributed by atoms with Gasteiger partial charge in [0.2, 0.25) is 5.91 Å². The molecule has 0 radical (unpaired) electrons. The molecule has 0 aromatic heterocycles. The van der Waals surface area contributed by atoms with Crippen LogP contribution in [0.1, 0.15) is 26.7 Å². The molecule has 0 saturated heterocycles. The first-order valence-electron chi connectivity index (χ1n) is 7.11. The second-order valence-corrected chi connectivity index (χ2v) is 4.84. The molecular formula is C15H22F2N2O2. The molecule has 4 nitrogen and oxygen atoms in total. The molecule has 0 heterocycles. The predicted octanol–water partition coefficient (Wildman–Crippen LogP) is 2.39. The van der Waals surface area contributed by atoms with Crippen LogP contribution in [-0.4, -0.2) is 41.7 Å². The maximum atomic E-state index is 13.5. The lowest BCUT2D eigenvalue weighted by Crippen LogP contribution is -2.42. The van der Waals surface area contributed by atoms with Crippen LogP contribution in [0.15, 0.2) is 18.2 Å². The van der Waals surface area contributed by atoms with Gasteiger partial charge in [0.1, 0.15) is 11.6 Å². The van der Waals surface area contributed by atoms with Crippen molar-refractivity contribution in [1.29, 1.82) is 0 Å². The van der Waals surface area contributed by atoms with Crippen molar-refractivity contribution in [3.05, 3.63) is 29.8 Å². The number of nitrogens with one attached hydrogen (secondary N) is 1. The topological polar surface area (TPSA) is 52.6 Å². The van der Waals surface area contributed by atoms with E-state index in [1.807, 2.05) is 18.7 Å². The third-order valence-electron chi connectivity index (χ3n) is 3.40. The summed E-state index contributed by atoms with van der Waals surface area (Å²) in [6.07, 6.45) is 1.69. The van der Waals surface area contributed by atoms with E-state index in [1.54, 1.807) is 0 Å². The monoisotopic (exact) mass is 300 g/mol.